The number of nitrogens with zero attached hydrogens (tertiary/aromatic N) is 2. The molecule has 203 valence electrons. The molecule has 7 rings (SSSR count). The third-order valence-electron chi connectivity index (χ3n) is 7.53. The molecule has 2 aromatic heterocycles. The molecule has 3 heterocycles. The minimum Gasteiger partial charge on any atom is -0.305 e. The molecule has 4 aromatic carbocycles. The van der Waals surface area contributed by atoms with Gasteiger partial charge in [0.15, 0.2) is 0 Å². The van der Waals surface area contributed by atoms with E-state index in [0.29, 0.717) is 0 Å². The minimum absolute atomic E-state index is 0. The van der Waals surface area contributed by atoms with Gasteiger partial charge in [-0.05, 0) is 50.6 Å². The van der Waals surface area contributed by atoms with Crippen molar-refractivity contribution < 1.29 is 20.1 Å². The number of benzene rings is 4. The summed E-state index contributed by atoms with van der Waals surface area (Å²) in [6.07, 6.45) is 3.63. The van der Waals surface area contributed by atoms with Gasteiger partial charge in [-0.25, -0.2) is 0 Å². The molecule has 0 bridgehead atoms. The van der Waals surface area contributed by atoms with Crippen molar-refractivity contribution in [2.45, 2.75) is 20.0 Å². The zero-order valence-corrected chi connectivity index (χ0v) is 26.7. The molecule has 2 nitrogen and oxygen atoms in total. The van der Waals surface area contributed by atoms with Crippen LogP contribution in [-0.4, -0.2) is 18.0 Å². The van der Waals surface area contributed by atoms with Gasteiger partial charge in [0.1, 0.15) is 8.07 Å². The zero-order valence-electron chi connectivity index (χ0n) is 23.4. The first kappa shape index (κ1) is 28.6. The molecule has 6 aromatic rings. The van der Waals surface area contributed by atoms with Crippen LogP contribution in [0.15, 0.2) is 128 Å². The Bertz CT molecular complexity index is 1780. The van der Waals surface area contributed by atoms with Crippen LogP contribution in [0.2, 0.25) is 13.1 Å². The molecule has 1 aliphatic rings. The third kappa shape index (κ3) is 5.78. The van der Waals surface area contributed by atoms with Crippen LogP contribution in [0.1, 0.15) is 5.56 Å². The fourth-order valence-electron chi connectivity index (χ4n) is 5.64. The van der Waals surface area contributed by atoms with Gasteiger partial charge in [0.2, 0.25) is 0 Å². The number of hydrogen-bond acceptors (Lipinski definition) is 2. The normalized spacial score (nSPS) is 12.3. The monoisotopic (exact) mass is 723 g/mol. The smallest absolute Gasteiger partial charge is 0.114 e. The summed E-state index contributed by atoms with van der Waals surface area (Å²) in [7, 11) is -1.73. The minimum atomic E-state index is -1.73. The summed E-state index contributed by atoms with van der Waals surface area (Å²) in [4.78, 5) is 8.75. The van der Waals surface area contributed by atoms with E-state index in [9.17, 15) is 0 Å². The van der Waals surface area contributed by atoms with Crippen LogP contribution in [0.5, 0.6) is 0 Å². The van der Waals surface area contributed by atoms with E-state index < -0.39 is 8.07 Å². The number of aromatic nitrogens is 2. The van der Waals surface area contributed by atoms with E-state index in [-0.39, 0.29) is 20.1 Å². The number of pyridine rings is 2. The van der Waals surface area contributed by atoms with Gasteiger partial charge in [-0.3, -0.25) is 0 Å². The first-order valence-corrected chi connectivity index (χ1v) is 16.6. The Labute approximate surface area is 257 Å². The van der Waals surface area contributed by atoms with Gasteiger partial charge >= 0.3 is 0 Å². The Kier molecular flexibility index (Phi) is 8.56. The van der Waals surface area contributed by atoms with Crippen molar-refractivity contribution in [3.05, 3.63) is 145 Å². The molecule has 0 atom stereocenters. The Balaban J connectivity index is 0.000000204. The maximum atomic E-state index is 4.49. The molecule has 41 heavy (non-hydrogen) atoms. The number of hydrogen-bond donors (Lipinski definition) is 0. The largest absolute Gasteiger partial charge is 0.305 e. The van der Waals surface area contributed by atoms with Crippen molar-refractivity contribution in [3.63, 3.8) is 0 Å². The first-order valence-electron chi connectivity index (χ1n) is 13.6. The van der Waals surface area contributed by atoms with Crippen molar-refractivity contribution in [1.82, 2.24) is 9.97 Å². The van der Waals surface area contributed by atoms with Crippen LogP contribution in [0.25, 0.3) is 44.8 Å². The standard InChI is InChI=1S/C25H20NSi.C12H10N.Ir/c1-27(2)24-15-4-3-11-21(24)22-13-8-12-20(25(22)27)18-9-7-10-19(17-18)23-14-5-6-16-26-23;1-10-5-4-6-11(9-10)12-7-2-3-8-13-12;/h3-9,11-17H,1-2H3;2-5,7-9H,1H3;/q2*-1;. The Hall–Kier alpha value is -3.95. The maximum Gasteiger partial charge on any atom is 0.114 e. The van der Waals surface area contributed by atoms with Crippen molar-refractivity contribution in [1.29, 1.82) is 0 Å². The SMILES string of the molecule is C[Si]1(C)c2ccccc2-c2cccc(-c3cc[c-]c(-c4ccccn4)c3)c21.Cc1cc[c-]c(-c2ccccn2)c1.[Ir]. The average Bonchev–Trinajstić information content (AvgIpc) is 3.25. The van der Waals surface area contributed by atoms with Crippen LogP contribution in [0, 0.1) is 19.1 Å². The van der Waals surface area contributed by atoms with E-state index in [1.165, 1.54) is 27.8 Å². The summed E-state index contributed by atoms with van der Waals surface area (Å²) in [5.41, 5.74) is 10.7. The Morgan fingerprint density at radius 3 is 1.83 bits per heavy atom. The van der Waals surface area contributed by atoms with Gasteiger partial charge in [0.05, 0.1) is 0 Å². The molecule has 0 amide bonds. The Morgan fingerprint density at radius 2 is 1.17 bits per heavy atom. The van der Waals surface area contributed by atoms with Crippen molar-refractivity contribution >= 4 is 18.4 Å². The van der Waals surface area contributed by atoms with Crippen LogP contribution < -0.4 is 10.4 Å². The van der Waals surface area contributed by atoms with Crippen LogP contribution in [-0.2, 0) is 20.1 Å². The van der Waals surface area contributed by atoms with Gasteiger partial charge in [0.25, 0.3) is 0 Å². The van der Waals surface area contributed by atoms with E-state index in [4.69, 9.17) is 0 Å². The van der Waals surface area contributed by atoms with E-state index in [0.717, 1.165) is 22.5 Å². The van der Waals surface area contributed by atoms with Crippen molar-refractivity contribution in [2.24, 2.45) is 0 Å². The molecule has 1 aliphatic heterocycles. The predicted octanol–water partition coefficient (Wildman–Crippen LogP) is 7.87. The van der Waals surface area contributed by atoms with Crippen molar-refractivity contribution in [3.8, 4) is 44.8 Å². The number of aryl methyl sites for hydroxylation is 1. The third-order valence-corrected chi connectivity index (χ3v) is 11.1. The second kappa shape index (κ2) is 12.3. The van der Waals surface area contributed by atoms with Gasteiger partial charge in [0, 0.05) is 32.5 Å². The number of fused-ring (bicyclic) bond motifs is 3. The molecule has 0 fully saturated rings. The van der Waals surface area contributed by atoms with Gasteiger partial charge in [-0.15, -0.1) is 70.8 Å². The van der Waals surface area contributed by atoms with Crippen LogP contribution in [0.4, 0.5) is 0 Å². The zero-order chi connectivity index (χ0) is 27.5. The second-order valence-electron chi connectivity index (χ2n) is 10.6. The molecular weight excluding hydrogens is 693 g/mol. The quantitative estimate of drug-likeness (QED) is 0.137. The van der Waals surface area contributed by atoms with Crippen LogP contribution >= 0.6 is 0 Å². The molecule has 0 saturated heterocycles. The van der Waals surface area contributed by atoms with Crippen molar-refractivity contribution in [2.75, 3.05) is 0 Å². The molecule has 1 radical (unpaired) electrons. The summed E-state index contributed by atoms with van der Waals surface area (Å²) in [6.45, 7) is 7.01. The molecule has 0 unspecified atom stereocenters. The molecule has 0 spiro atoms. The van der Waals surface area contributed by atoms with E-state index >= 15 is 0 Å². The molecule has 0 N–H and O–H groups in total. The first-order chi connectivity index (χ1) is 19.5. The van der Waals surface area contributed by atoms with Gasteiger partial charge < -0.3 is 9.97 Å². The summed E-state index contributed by atoms with van der Waals surface area (Å²) < 4.78 is 0. The average molecular weight is 723 g/mol. The predicted molar refractivity (Wildman–Crippen MR) is 169 cm³/mol. The maximum absolute atomic E-state index is 4.49. The summed E-state index contributed by atoms with van der Waals surface area (Å²) in [5.74, 6) is 0. The molecule has 0 aliphatic carbocycles. The second-order valence-corrected chi connectivity index (χ2v) is 14.9. The topological polar surface area (TPSA) is 25.8 Å². The van der Waals surface area contributed by atoms with E-state index in [1.54, 1.807) is 16.6 Å². The van der Waals surface area contributed by atoms with E-state index in [2.05, 4.69) is 103 Å². The van der Waals surface area contributed by atoms with Gasteiger partial charge in [-0.2, -0.15) is 0 Å². The molecule has 4 heteroatoms. The van der Waals surface area contributed by atoms with Gasteiger partial charge in [-0.1, -0.05) is 86.7 Å². The summed E-state index contributed by atoms with van der Waals surface area (Å²) in [6, 6.07) is 46.6. The summed E-state index contributed by atoms with van der Waals surface area (Å²) >= 11 is 0. The molecular formula is C37H30IrN2Si-2. The van der Waals surface area contributed by atoms with E-state index in [1.807, 2.05) is 60.8 Å². The Morgan fingerprint density at radius 1 is 0.585 bits per heavy atom. The molecule has 0 saturated carbocycles. The number of rotatable bonds is 3. The van der Waals surface area contributed by atoms with Crippen LogP contribution in [0.3, 0.4) is 0 Å². The fourth-order valence-corrected chi connectivity index (χ4v) is 9.11. The fraction of sp³-hybridized carbons (Fsp3) is 0.0811. The summed E-state index contributed by atoms with van der Waals surface area (Å²) in [5, 5.41) is 3.09.